The van der Waals surface area contributed by atoms with Gasteiger partial charge in [0.1, 0.15) is 15.5 Å². The Balaban J connectivity index is 1.94. The van der Waals surface area contributed by atoms with Crippen LogP contribution in [-0.2, 0) is 9.84 Å². The van der Waals surface area contributed by atoms with Crippen LogP contribution in [0.3, 0.4) is 0 Å². The Hall–Kier alpha value is -0.950. The van der Waals surface area contributed by atoms with E-state index in [9.17, 15) is 13.2 Å². The second kappa shape index (κ2) is 5.36. The van der Waals surface area contributed by atoms with Crippen LogP contribution < -0.4 is 5.32 Å². The van der Waals surface area contributed by atoms with E-state index < -0.39 is 9.84 Å². The molecule has 1 aliphatic heterocycles. The summed E-state index contributed by atoms with van der Waals surface area (Å²) in [6.45, 7) is 0. The predicted molar refractivity (Wildman–Crippen MR) is 71.1 cm³/mol. The zero-order valence-electron chi connectivity index (χ0n) is 9.60. The lowest BCUT2D eigenvalue weighted by atomic mass is 10.1. The molecule has 2 rings (SSSR count). The number of hydrogen-bond acceptors (Lipinski definition) is 4. The van der Waals surface area contributed by atoms with Gasteiger partial charge in [0.25, 0.3) is 5.91 Å². The van der Waals surface area contributed by atoms with Gasteiger partial charge in [-0.15, -0.1) is 0 Å². The third-order valence-corrected chi connectivity index (χ3v) is 5.03. The second-order valence-corrected chi connectivity index (χ2v) is 7.48. The van der Waals surface area contributed by atoms with Crippen molar-refractivity contribution < 1.29 is 13.2 Å². The Bertz CT molecular complexity index is 528. The summed E-state index contributed by atoms with van der Waals surface area (Å²) in [6, 6.07) is 3.29. The van der Waals surface area contributed by atoms with E-state index >= 15 is 0 Å². The highest BCUT2D eigenvalue weighted by Gasteiger charge is 2.25. The monoisotopic (exact) mass is 332 g/mol. The van der Waals surface area contributed by atoms with Crippen LogP contribution in [0.25, 0.3) is 0 Å². The van der Waals surface area contributed by atoms with Crippen LogP contribution in [0.4, 0.5) is 0 Å². The highest BCUT2D eigenvalue weighted by molar-refractivity contribution is 9.10. The number of aromatic nitrogens is 1. The van der Waals surface area contributed by atoms with Gasteiger partial charge in [-0.25, -0.2) is 13.4 Å². The van der Waals surface area contributed by atoms with E-state index in [1.807, 2.05) is 0 Å². The Morgan fingerprint density at radius 2 is 2.00 bits per heavy atom. The fourth-order valence-corrected chi connectivity index (χ4v) is 3.53. The first-order chi connectivity index (χ1) is 8.46. The van der Waals surface area contributed by atoms with E-state index in [2.05, 4.69) is 26.2 Å². The average molecular weight is 333 g/mol. The molecule has 0 atom stereocenters. The molecule has 1 aromatic heterocycles. The molecule has 5 nitrogen and oxygen atoms in total. The Morgan fingerprint density at radius 1 is 1.33 bits per heavy atom. The van der Waals surface area contributed by atoms with Crippen molar-refractivity contribution in [1.82, 2.24) is 10.3 Å². The molecular formula is C11H13BrN2O3S. The highest BCUT2D eigenvalue weighted by Crippen LogP contribution is 2.13. The number of amides is 1. The van der Waals surface area contributed by atoms with Crippen molar-refractivity contribution in [2.45, 2.75) is 18.9 Å². The standard InChI is InChI=1S/C11H13BrN2O3S/c12-8-1-2-10(13-7-8)11(15)14-9-3-5-18(16,17)6-4-9/h1-2,7,9H,3-6H2,(H,14,15). The van der Waals surface area contributed by atoms with Crippen molar-refractivity contribution in [3.63, 3.8) is 0 Å². The van der Waals surface area contributed by atoms with Crippen molar-refractivity contribution in [2.75, 3.05) is 11.5 Å². The summed E-state index contributed by atoms with van der Waals surface area (Å²) in [6.07, 6.45) is 2.51. The summed E-state index contributed by atoms with van der Waals surface area (Å²) in [5.41, 5.74) is 0.339. The molecule has 1 aliphatic rings. The van der Waals surface area contributed by atoms with Gasteiger partial charge >= 0.3 is 0 Å². The molecule has 18 heavy (non-hydrogen) atoms. The van der Waals surface area contributed by atoms with Crippen LogP contribution in [0.5, 0.6) is 0 Å². The highest BCUT2D eigenvalue weighted by atomic mass is 79.9. The van der Waals surface area contributed by atoms with Gasteiger partial charge in [-0.1, -0.05) is 0 Å². The SMILES string of the molecule is O=C(NC1CCS(=O)(=O)CC1)c1ccc(Br)cn1. The summed E-state index contributed by atoms with van der Waals surface area (Å²) in [5, 5.41) is 2.81. The van der Waals surface area contributed by atoms with Crippen LogP contribution in [0.2, 0.25) is 0 Å². The van der Waals surface area contributed by atoms with E-state index in [0.717, 1.165) is 4.47 Å². The Morgan fingerprint density at radius 3 is 2.56 bits per heavy atom. The maximum absolute atomic E-state index is 11.8. The number of hydrogen-bond donors (Lipinski definition) is 1. The lowest BCUT2D eigenvalue weighted by molar-refractivity contribution is 0.0929. The molecule has 1 aromatic rings. The predicted octanol–water partition coefficient (Wildman–Crippen LogP) is 1.15. The summed E-state index contributed by atoms with van der Waals surface area (Å²) in [5.74, 6) is 0.0315. The van der Waals surface area contributed by atoms with Crippen LogP contribution in [0, 0.1) is 0 Å². The number of nitrogens with zero attached hydrogens (tertiary/aromatic N) is 1. The largest absolute Gasteiger partial charge is 0.348 e. The Kier molecular flexibility index (Phi) is 4.01. The molecule has 1 saturated heterocycles. The topological polar surface area (TPSA) is 76.1 Å². The van der Waals surface area contributed by atoms with Crippen LogP contribution in [0.1, 0.15) is 23.3 Å². The molecule has 0 aromatic carbocycles. The molecule has 0 bridgehead atoms. The molecular weight excluding hydrogens is 320 g/mol. The summed E-state index contributed by atoms with van der Waals surface area (Å²) >= 11 is 3.24. The maximum Gasteiger partial charge on any atom is 0.270 e. The third kappa shape index (κ3) is 3.52. The number of halogens is 1. The molecule has 1 amide bonds. The number of rotatable bonds is 2. The summed E-state index contributed by atoms with van der Waals surface area (Å²) in [4.78, 5) is 15.8. The number of carbonyl (C=O) groups excluding carboxylic acids is 1. The van der Waals surface area contributed by atoms with Crippen molar-refractivity contribution in [3.8, 4) is 0 Å². The number of pyridine rings is 1. The average Bonchev–Trinajstić information content (AvgIpc) is 2.33. The minimum Gasteiger partial charge on any atom is -0.348 e. The van der Waals surface area contributed by atoms with Gasteiger partial charge < -0.3 is 5.32 Å². The van der Waals surface area contributed by atoms with E-state index in [1.165, 1.54) is 0 Å². The lowest BCUT2D eigenvalue weighted by Crippen LogP contribution is -2.41. The molecule has 98 valence electrons. The summed E-state index contributed by atoms with van der Waals surface area (Å²) in [7, 11) is -2.89. The van der Waals surface area contributed by atoms with Gasteiger partial charge in [-0.2, -0.15) is 0 Å². The number of sulfone groups is 1. The van der Waals surface area contributed by atoms with Crippen LogP contribution in [0.15, 0.2) is 22.8 Å². The number of nitrogens with one attached hydrogen (secondary N) is 1. The molecule has 0 radical (unpaired) electrons. The first-order valence-electron chi connectivity index (χ1n) is 5.59. The first kappa shape index (κ1) is 13.5. The lowest BCUT2D eigenvalue weighted by Gasteiger charge is -2.22. The molecule has 2 heterocycles. The molecule has 7 heteroatoms. The zero-order valence-corrected chi connectivity index (χ0v) is 12.0. The van der Waals surface area contributed by atoms with Crippen LogP contribution in [-0.4, -0.2) is 36.9 Å². The summed E-state index contributed by atoms with van der Waals surface area (Å²) < 4.78 is 23.3. The smallest absolute Gasteiger partial charge is 0.270 e. The van der Waals surface area contributed by atoms with Crippen molar-refractivity contribution >= 4 is 31.7 Å². The van der Waals surface area contributed by atoms with Crippen molar-refractivity contribution in [2.24, 2.45) is 0 Å². The quantitative estimate of drug-likeness (QED) is 0.881. The molecule has 1 fully saturated rings. The maximum atomic E-state index is 11.8. The van der Waals surface area contributed by atoms with Crippen molar-refractivity contribution in [1.29, 1.82) is 0 Å². The Labute approximate surface area is 114 Å². The van der Waals surface area contributed by atoms with Gasteiger partial charge in [-0.05, 0) is 40.9 Å². The molecule has 0 aliphatic carbocycles. The van der Waals surface area contributed by atoms with Crippen molar-refractivity contribution in [3.05, 3.63) is 28.5 Å². The van der Waals surface area contributed by atoms with E-state index in [0.29, 0.717) is 18.5 Å². The fourth-order valence-electron chi connectivity index (χ4n) is 1.80. The van der Waals surface area contributed by atoms with Gasteiger partial charge in [0.15, 0.2) is 0 Å². The second-order valence-electron chi connectivity index (χ2n) is 4.26. The van der Waals surface area contributed by atoms with Gasteiger partial charge in [0.05, 0.1) is 11.5 Å². The van der Waals surface area contributed by atoms with Crippen LogP contribution >= 0.6 is 15.9 Å². The first-order valence-corrected chi connectivity index (χ1v) is 8.20. The fraction of sp³-hybridized carbons (Fsp3) is 0.455. The van der Waals surface area contributed by atoms with Gasteiger partial charge in [0.2, 0.25) is 0 Å². The van der Waals surface area contributed by atoms with Gasteiger partial charge in [-0.3, -0.25) is 4.79 Å². The number of carbonyl (C=O) groups is 1. The molecule has 0 spiro atoms. The zero-order chi connectivity index (χ0) is 13.2. The van der Waals surface area contributed by atoms with E-state index in [4.69, 9.17) is 0 Å². The normalized spacial score (nSPS) is 19.4. The molecule has 1 N–H and O–H groups in total. The van der Waals surface area contributed by atoms with Gasteiger partial charge in [0, 0.05) is 16.7 Å². The minimum absolute atomic E-state index is 0.0773. The minimum atomic E-state index is -2.89. The van der Waals surface area contributed by atoms with E-state index in [-0.39, 0.29) is 23.5 Å². The molecule has 0 unspecified atom stereocenters. The van der Waals surface area contributed by atoms with E-state index in [1.54, 1.807) is 18.3 Å². The molecule has 0 saturated carbocycles. The third-order valence-electron chi connectivity index (χ3n) is 2.85.